The molecule has 1 aliphatic carbocycles. The fraction of sp³-hybridized carbons (Fsp3) is 1.00. The molecule has 0 aromatic rings. The van der Waals surface area contributed by atoms with E-state index in [1.165, 1.54) is 32.1 Å². The first kappa shape index (κ1) is 10.0. The highest BCUT2D eigenvalue weighted by Gasteiger charge is 2.24. The van der Waals surface area contributed by atoms with E-state index in [0.29, 0.717) is 0 Å². The lowest BCUT2D eigenvalue weighted by atomic mass is 9.78. The summed E-state index contributed by atoms with van der Waals surface area (Å²) in [5.74, 6) is 1.91. The average molecular weight is 169 g/mol. The van der Waals surface area contributed by atoms with Gasteiger partial charge < -0.3 is 5.32 Å². The standard InChI is InChI=1S/C11H23N/c1-4-11(12-3)10-7-5-6-9(2)8-10/h9-12H,4-8H2,1-3H3. The molecule has 1 fully saturated rings. The summed E-state index contributed by atoms with van der Waals surface area (Å²) in [6.45, 7) is 4.69. The van der Waals surface area contributed by atoms with Crippen molar-refractivity contribution in [3.05, 3.63) is 0 Å². The molecule has 0 aromatic heterocycles. The number of rotatable bonds is 3. The van der Waals surface area contributed by atoms with E-state index in [2.05, 4.69) is 26.2 Å². The summed E-state index contributed by atoms with van der Waals surface area (Å²) in [5, 5.41) is 3.44. The summed E-state index contributed by atoms with van der Waals surface area (Å²) in [7, 11) is 2.10. The second-order valence-electron chi connectivity index (χ2n) is 4.34. The topological polar surface area (TPSA) is 12.0 Å². The average Bonchev–Trinajstić information content (AvgIpc) is 2.07. The zero-order chi connectivity index (χ0) is 8.97. The molecule has 0 aromatic carbocycles. The van der Waals surface area contributed by atoms with Gasteiger partial charge in [-0.2, -0.15) is 0 Å². The van der Waals surface area contributed by atoms with Gasteiger partial charge in [0.05, 0.1) is 0 Å². The molecule has 3 atom stereocenters. The first-order valence-electron chi connectivity index (χ1n) is 5.45. The Morgan fingerprint density at radius 1 is 1.42 bits per heavy atom. The van der Waals surface area contributed by atoms with Gasteiger partial charge in [-0.15, -0.1) is 0 Å². The Bertz CT molecular complexity index is 118. The van der Waals surface area contributed by atoms with Crippen molar-refractivity contribution >= 4 is 0 Å². The lowest BCUT2D eigenvalue weighted by molar-refractivity contribution is 0.225. The monoisotopic (exact) mass is 169 g/mol. The van der Waals surface area contributed by atoms with Crippen LogP contribution in [0.1, 0.15) is 46.0 Å². The normalized spacial score (nSPS) is 33.2. The Hall–Kier alpha value is -0.0400. The Morgan fingerprint density at radius 2 is 2.17 bits per heavy atom. The Kier molecular flexibility index (Phi) is 4.07. The van der Waals surface area contributed by atoms with Gasteiger partial charge in [-0.1, -0.05) is 26.7 Å². The quantitative estimate of drug-likeness (QED) is 0.685. The summed E-state index contributed by atoms with van der Waals surface area (Å²) in [5.41, 5.74) is 0. The summed E-state index contributed by atoms with van der Waals surface area (Å²) in [4.78, 5) is 0. The van der Waals surface area contributed by atoms with Crippen molar-refractivity contribution in [1.82, 2.24) is 5.32 Å². The third-order valence-electron chi connectivity index (χ3n) is 3.36. The molecule has 0 heterocycles. The van der Waals surface area contributed by atoms with Gasteiger partial charge in [-0.3, -0.25) is 0 Å². The van der Waals surface area contributed by atoms with Crippen LogP contribution >= 0.6 is 0 Å². The fourth-order valence-electron chi connectivity index (χ4n) is 2.62. The van der Waals surface area contributed by atoms with Crippen LogP contribution in [0, 0.1) is 11.8 Å². The van der Waals surface area contributed by atoms with Crippen molar-refractivity contribution in [1.29, 1.82) is 0 Å². The summed E-state index contributed by atoms with van der Waals surface area (Å²) in [6, 6.07) is 0.771. The first-order valence-corrected chi connectivity index (χ1v) is 5.45. The van der Waals surface area contributed by atoms with Crippen molar-refractivity contribution in [2.24, 2.45) is 11.8 Å². The summed E-state index contributed by atoms with van der Waals surface area (Å²) < 4.78 is 0. The van der Waals surface area contributed by atoms with Crippen LogP contribution in [0.4, 0.5) is 0 Å². The van der Waals surface area contributed by atoms with E-state index in [9.17, 15) is 0 Å². The molecule has 0 radical (unpaired) electrons. The van der Waals surface area contributed by atoms with E-state index in [-0.39, 0.29) is 0 Å². The Labute approximate surface area is 76.9 Å². The van der Waals surface area contributed by atoms with Crippen LogP contribution in [0.25, 0.3) is 0 Å². The molecule has 12 heavy (non-hydrogen) atoms. The number of hydrogen-bond acceptors (Lipinski definition) is 1. The molecular weight excluding hydrogens is 146 g/mol. The van der Waals surface area contributed by atoms with Crippen LogP contribution in [0.15, 0.2) is 0 Å². The molecular formula is C11H23N. The van der Waals surface area contributed by atoms with Gasteiger partial charge in [-0.05, 0) is 38.1 Å². The maximum absolute atomic E-state index is 3.44. The predicted molar refractivity (Wildman–Crippen MR) is 54.3 cm³/mol. The molecule has 72 valence electrons. The van der Waals surface area contributed by atoms with Gasteiger partial charge in [0.15, 0.2) is 0 Å². The minimum Gasteiger partial charge on any atom is -0.317 e. The summed E-state index contributed by atoms with van der Waals surface area (Å²) >= 11 is 0. The van der Waals surface area contributed by atoms with Gasteiger partial charge >= 0.3 is 0 Å². The van der Waals surface area contributed by atoms with Crippen LogP contribution in [0.5, 0.6) is 0 Å². The Morgan fingerprint density at radius 3 is 2.67 bits per heavy atom. The molecule has 1 aliphatic rings. The van der Waals surface area contributed by atoms with Crippen LogP contribution in [0.3, 0.4) is 0 Å². The minimum absolute atomic E-state index is 0.771. The maximum atomic E-state index is 3.44. The smallest absolute Gasteiger partial charge is 0.00898 e. The van der Waals surface area contributed by atoms with Crippen LogP contribution < -0.4 is 5.32 Å². The number of nitrogens with one attached hydrogen (secondary N) is 1. The van der Waals surface area contributed by atoms with Gasteiger partial charge in [-0.25, -0.2) is 0 Å². The highest BCUT2D eigenvalue weighted by molar-refractivity contribution is 4.79. The lowest BCUT2D eigenvalue weighted by Crippen LogP contribution is -2.35. The SMILES string of the molecule is CCC(NC)C1CCCC(C)C1. The highest BCUT2D eigenvalue weighted by atomic mass is 14.9. The van der Waals surface area contributed by atoms with Crippen LogP contribution in [0.2, 0.25) is 0 Å². The zero-order valence-electron chi connectivity index (χ0n) is 8.77. The van der Waals surface area contributed by atoms with Gasteiger partial charge in [0.2, 0.25) is 0 Å². The third kappa shape index (κ3) is 2.48. The second kappa shape index (κ2) is 4.86. The second-order valence-corrected chi connectivity index (χ2v) is 4.34. The lowest BCUT2D eigenvalue weighted by Gasteiger charge is -2.32. The van der Waals surface area contributed by atoms with E-state index in [1.807, 2.05) is 0 Å². The molecule has 1 rings (SSSR count). The molecule has 1 heteroatoms. The molecule has 0 aliphatic heterocycles. The molecule has 1 saturated carbocycles. The molecule has 1 N–H and O–H groups in total. The van der Waals surface area contributed by atoms with Crippen molar-refractivity contribution in [3.8, 4) is 0 Å². The zero-order valence-corrected chi connectivity index (χ0v) is 8.77. The van der Waals surface area contributed by atoms with Gasteiger partial charge in [0, 0.05) is 6.04 Å². The molecule has 0 saturated heterocycles. The van der Waals surface area contributed by atoms with E-state index >= 15 is 0 Å². The Balaban J connectivity index is 2.38. The van der Waals surface area contributed by atoms with Crippen molar-refractivity contribution in [3.63, 3.8) is 0 Å². The maximum Gasteiger partial charge on any atom is 0.00898 e. The highest BCUT2D eigenvalue weighted by Crippen LogP contribution is 2.31. The third-order valence-corrected chi connectivity index (χ3v) is 3.36. The van der Waals surface area contributed by atoms with Gasteiger partial charge in [0.25, 0.3) is 0 Å². The van der Waals surface area contributed by atoms with Gasteiger partial charge in [0.1, 0.15) is 0 Å². The fourth-order valence-corrected chi connectivity index (χ4v) is 2.62. The van der Waals surface area contributed by atoms with E-state index in [0.717, 1.165) is 17.9 Å². The van der Waals surface area contributed by atoms with Crippen molar-refractivity contribution in [2.45, 2.75) is 52.0 Å². The first-order chi connectivity index (χ1) is 5.77. The van der Waals surface area contributed by atoms with Crippen molar-refractivity contribution in [2.75, 3.05) is 7.05 Å². The predicted octanol–water partition coefficient (Wildman–Crippen LogP) is 2.81. The van der Waals surface area contributed by atoms with Crippen molar-refractivity contribution < 1.29 is 0 Å². The molecule has 0 bridgehead atoms. The molecule has 3 unspecified atom stereocenters. The molecule has 0 spiro atoms. The number of hydrogen-bond donors (Lipinski definition) is 1. The van der Waals surface area contributed by atoms with E-state index in [1.54, 1.807) is 0 Å². The minimum atomic E-state index is 0.771. The molecule has 1 nitrogen and oxygen atoms in total. The van der Waals surface area contributed by atoms with Crippen LogP contribution in [-0.2, 0) is 0 Å². The van der Waals surface area contributed by atoms with E-state index < -0.39 is 0 Å². The molecule has 0 amide bonds. The largest absolute Gasteiger partial charge is 0.317 e. The van der Waals surface area contributed by atoms with Crippen LogP contribution in [-0.4, -0.2) is 13.1 Å². The summed E-state index contributed by atoms with van der Waals surface area (Å²) in [6.07, 6.45) is 7.08. The van der Waals surface area contributed by atoms with E-state index in [4.69, 9.17) is 0 Å².